The van der Waals surface area contributed by atoms with Crippen molar-refractivity contribution < 1.29 is 40.2 Å². The lowest BCUT2D eigenvalue weighted by Crippen LogP contribution is -2.45. The third-order valence-corrected chi connectivity index (χ3v) is 3.69. The van der Waals surface area contributed by atoms with Crippen molar-refractivity contribution in [1.82, 2.24) is 0 Å². The minimum Gasteiger partial charge on any atom is -0.362 e. The fraction of sp³-hybridized carbons (Fsp3) is 1.00. The molecule has 7 atom stereocenters. The number of hydrogen-bond acceptors (Lipinski definition) is 1. The number of halogens is 8. The van der Waals surface area contributed by atoms with Gasteiger partial charge in [-0.3, -0.25) is 4.39 Å². The van der Waals surface area contributed by atoms with Crippen molar-refractivity contribution in [2.45, 2.75) is 88.3 Å². The molecule has 146 valence electrons. The van der Waals surface area contributed by atoms with Crippen molar-refractivity contribution in [3.63, 3.8) is 0 Å². The van der Waals surface area contributed by atoms with Crippen LogP contribution in [0.15, 0.2) is 0 Å². The van der Waals surface area contributed by atoms with Gasteiger partial charge in [0.25, 0.3) is 0 Å². The minimum atomic E-state index is -3.44. The van der Waals surface area contributed by atoms with Crippen molar-refractivity contribution in [2.75, 3.05) is 6.67 Å². The van der Waals surface area contributed by atoms with Crippen LogP contribution in [0.5, 0.6) is 0 Å². The van der Waals surface area contributed by atoms with Gasteiger partial charge >= 0.3 is 0 Å². The molecule has 0 saturated heterocycles. The average Bonchev–Trinajstić information content (AvgIpc) is 2.57. The maximum absolute atomic E-state index is 13.5. The Bertz CT molecular complexity index is 307. The van der Waals surface area contributed by atoms with Crippen LogP contribution in [-0.2, 0) is 0 Å². The first-order valence-corrected chi connectivity index (χ1v) is 7.96. The molecule has 0 aromatic rings. The second kappa shape index (κ2) is 12.7. The van der Waals surface area contributed by atoms with E-state index in [1.54, 1.807) is 0 Å². The highest BCUT2D eigenvalue weighted by atomic mass is 19.2. The van der Waals surface area contributed by atoms with Crippen LogP contribution in [0, 0.1) is 0 Å². The van der Waals surface area contributed by atoms with Gasteiger partial charge in [0.1, 0.15) is 6.17 Å². The van der Waals surface area contributed by atoms with Crippen LogP contribution in [0.1, 0.15) is 44.9 Å². The van der Waals surface area contributed by atoms with Gasteiger partial charge in [-0.05, 0) is 12.8 Å². The molecule has 1 N–H and O–H groups in total. The van der Waals surface area contributed by atoms with E-state index in [9.17, 15) is 35.1 Å². The normalized spacial score (nSPS) is 20.9. The molecule has 0 amide bonds. The predicted octanol–water partition coefficient (Wildman–Crippen LogP) is 5.00. The molecule has 0 aliphatic carbocycles. The fourth-order valence-corrected chi connectivity index (χ4v) is 2.18. The number of rotatable bonds is 14. The molecule has 1 nitrogen and oxygen atoms in total. The molecule has 0 aromatic heterocycles. The average molecular weight is 372 g/mol. The molecule has 9 heteroatoms. The summed E-state index contributed by atoms with van der Waals surface area (Å²) in [7, 11) is 0. The molecular weight excluding hydrogens is 348 g/mol. The maximum Gasteiger partial charge on any atom is 0.231 e. The van der Waals surface area contributed by atoms with Gasteiger partial charge in [0.2, 0.25) is 6.36 Å². The summed E-state index contributed by atoms with van der Waals surface area (Å²) in [5.41, 5.74) is 0. The van der Waals surface area contributed by atoms with Gasteiger partial charge in [0.05, 0.1) is 6.67 Å². The number of hydrogen-bond donors (Lipinski definition) is 1. The Hall–Kier alpha value is -0.600. The van der Waals surface area contributed by atoms with Crippen LogP contribution in [0.2, 0.25) is 0 Å². The standard InChI is InChI=1S/C15H24F8O/c16-8-6-4-2-1-3-5-7-9(17)10(18)11(19)12(20)13(21)14(22)15(23)24/h9-15,24H,1-8H2. The monoisotopic (exact) mass is 372 g/mol. The van der Waals surface area contributed by atoms with Crippen molar-refractivity contribution in [1.29, 1.82) is 0 Å². The Labute approximate surface area is 136 Å². The molecular formula is C15H24F8O. The molecule has 0 radical (unpaired) electrons. The van der Waals surface area contributed by atoms with Gasteiger partial charge in [0, 0.05) is 0 Å². The van der Waals surface area contributed by atoms with Gasteiger partial charge < -0.3 is 5.11 Å². The molecule has 7 unspecified atom stereocenters. The smallest absolute Gasteiger partial charge is 0.231 e. The van der Waals surface area contributed by atoms with Crippen LogP contribution < -0.4 is 0 Å². The first-order valence-electron chi connectivity index (χ1n) is 7.96. The number of aliphatic hydroxyl groups excluding tert-OH is 1. The van der Waals surface area contributed by atoms with Gasteiger partial charge in [-0.2, -0.15) is 0 Å². The Kier molecular flexibility index (Phi) is 12.4. The quantitative estimate of drug-likeness (QED) is 0.336. The molecule has 0 aromatic carbocycles. The highest BCUT2D eigenvalue weighted by molar-refractivity contribution is 4.89. The Morgan fingerprint density at radius 3 is 1.46 bits per heavy atom. The van der Waals surface area contributed by atoms with Crippen molar-refractivity contribution in [3.8, 4) is 0 Å². The molecule has 0 aliphatic rings. The van der Waals surface area contributed by atoms with E-state index in [-0.39, 0.29) is 6.42 Å². The van der Waals surface area contributed by atoms with Gasteiger partial charge in [-0.25, -0.2) is 30.7 Å². The highest BCUT2D eigenvalue weighted by Crippen LogP contribution is 2.27. The SMILES string of the molecule is OC(F)C(F)C(F)C(F)C(F)C(F)C(F)CCCCCCCCF. The zero-order valence-electron chi connectivity index (χ0n) is 13.2. The van der Waals surface area contributed by atoms with E-state index in [0.29, 0.717) is 32.1 Å². The van der Waals surface area contributed by atoms with Gasteiger partial charge in [-0.1, -0.05) is 32.1 Å². The molecule has 24 heavy (non-hydrogen) atoms. The largest absolute Gasteiger partial charge is 0.362 e. The molecule has 0 saturated carbocycles. The van der Waals surface area contributed by atoms with Crippen LogP contribution >= 0.6 is 0 Å². The molecule has 0 rings (SSSR count). The van der Waals surface area contributed by atoms with E-state index in [1.807, 2.05) is 0 Å². The van der Waals surface area contributed by atoms with E-state index >= 15 is 0 Å². The minimum absolute atomic E-state index is 0.175. The van der Waals surface area contributed by atoms with Crippen LogP contribution in [0.25, 0.3) is 0 Å². The molecule has 0 aliphatic heterocycles. The summed E-state index contributed by atoms with van der Waals surface area (Å²) in [5.74, 6) is 0. The van der Waals surface area contributed by atoms with E-state index in [2.05, 4.69) is 0 Å². The Morgan fingerprint density at radius 1 is 0.542 bits per heavy atom. The van der Waals surface area contributed by atoms with Crippen molar-refractivity contribution in [3.05, 3.63) is 0 Å². The number of alkyl halides is 8. The van der Waals surface area contributed by atoms with E-state index in [0.717, 1.165) is 0 Å². The molecule has 0 fully saturated rings. The summed E-state index contributed by atoms with van der Waals surface area (Å²) in [6, 6.07) is 0. The Morgan fingerprint density at radius 2 is 0.958 bits per heavy atom. The topological polar surface area (TPSA) is 20.2 Å². The van der Waals surface area contributed by atoms with Crippen LogP contribution in [0.3, 0.4) is 0 Å². The lowest BCUT2D eigenvalue weighted by atomic mass is 9.98. The number of aliphatic hydroxyl groups is 1. The zero-order valence-corrected chi connectivity index (χ0v) is 13.2. The summed E-state index contributed by atoms with van der Waals surface area (Å²) in [4.78, 5) is 0. The molecule has 0 spiro atoms. The van der Waals surface area contributed by atoms with Crippen molar-refractivity contribution in [2.24, 2.45) is 0 Å². The fourth-order valence-electron chi connectivity index (χ4n) is 2.18. The summed E-state index contributed by atoms with van der Waals surface area (Å²) in [6.45, 7) is -0.424. The van der Waals surface area contributed by atoms with E-state index in [1.165, 1.54) is 0 Å². The first-order chi connectivity index (χ1) is 11.2. The highest BCUT2D eigenvalue weighted by Gasteiger charge is 2.45. The summed E-state index contributed by atoms with van der Waals surface area (Å²) in [5, 5.41) is 8.13. The summed E-state index contributed by atoms with van der Waals surface area (Å²) < 4.78 is 103. The Balaban J connectivity index is 4.14. The van der Waals surface area contributed by atoms with Crippen LogP contribution in [0.4, 0.5) is 35.1 Å². The third kappa shape index (κ3) is 8.48. The van der Waals surface area contributed by atoms with Gasteiger partial charge in [-0.15, -0.1) is 0 Å². The summed E-state index contributed by atoms with van der Waals surface area (Å²) in [6.07, 6.45) is -19.7. The van der Waals surface area contributed by atoms with E-state index in [4.69, 9.17) is 5.11 Å². The predicted molar refractivity (Wildman–Crippen MR) is 74.8 cm³/mol. The summed E-state index contributed by atoms with van der Waals surface area (Å²) >= 11 is 0. The van der Waals surface area contributed by atoms with Crippen LogP contribution in [-0.4, -0.2) is 55.2 Å². The lowest BCUT2D eigenvalue weighted by molar-refractivity contribution is -0.0907. The molecule has 0 heterocycles. The molecule has 0 bridgehead atoms. The first kappa shape index (κ1) is 23.4. The zero-order chi connectivity index (χ0) is 18.7. The van der Waals surface area contributed by atoms with E-state index < -0.39 is 56.5 Å². The lowest BCUT2D eigenvalue weighted by Gasteiger charge is -2.24. The third-order valence-electron chi connectivity index (χ3n) is 3.69. The van der Waals surface area contributed by atoms with Gasteiger partial charge in [0.15, 0.2) is 30.9 Å². The maximum atomic E-state index is 13.5. The second-order valence-electron chi connectivity index (χ2n) is 5.71. The number of unbranched alkanes of at least 4 members (excludes halogenated alkanes) is 5. The van der Waals surface area contributed by atoms with Crippen molar-refractivity contribution >= 4 is 0 Å². The second-order valence-corrected chi connectivity index (χ2v) is 5.71.